The van der Waals surface area contributed by atoms with Crippen LogP contribution in [0, 0.1) is 0 Å². The lowest BCUT2D eigenvalue weighted by Crippen LogP contribution is -2.43. The van der Waals surface area contributed by atoms with E-state index in [9.17, 15) is 12.8 Å². The van der Waals surface area contributed by atoms with Crippen molar-refractivity contribution >= 4 is 9.84 Å². The Kier molecular flexibility index (Phi) is 1.96. The second kappa shape index (κ2) is 2.47. The molecule has 0 radical (unpaired) electrons. The van der Waals surface area contributed by atoms with Gasteiger partial charge in [-0.25, -0.2) is 12.8 Å². The zero-order valence-electron chi connectivity index (χ0n) is 5.46. The van der Waals surface area contributed by atoms with Crippen molar-refractivity contribution in [3.63, 3.8) is 0 Å². The summed E-state index contributed by atoms with van der Waals surface area (Å²) >= 11 is 0. The van der Waals surface area contributed by atoms with Gasteiger partial charge in [0.25, 0.3) is 0 Å². The molecule has 1 heterocycles. The fourth-order valence-corrected chi connectivity index (χ4v) is 2.48. The number of halogens is 1. The second-order valence-corrected chi connectivity index (χ2v) is 4.81. The predicted octanol–water partition coefficient (Wildman–Crippen LogP) is -0.530. The molecule has 60 valence electrons. The Morgan fingerprint density at radius 3 is 2.50 bits per heavy atom. The maximum Gasteiger partial charge on any atom is 0.153 e. The van der Waals surface area contributed by atoms with Gasteiger partial charge in [-0.1, -0.05) is 0 Å². The normalized spacial score (nSPS) is 39.4. The molecule has 1 fully saturated rings. The van der Waals surface area contributed by atoms with E-state index in [-0.39, 0.29) is 12.2 Å². The maximum atomic E-state index is 12.6. The van der Waals surface area contributed by atoms with Crippen molar-refractivity contribution in [2.24, 2.45) is 5.73 Å². The van der Waals surface area contributed by atoms with Gasteiger partial charge < -0.3 is 5.73 Å². The Morgan fingerprint density at radius 2 is 2.10 bits per heavy atom. The lowest BCUT2D eigenvalue weighted by molar-refractivity contribution is 0.293. The highest BCUT2D eigenvalue weighted by Gasteiger charge is 2.30. The van der Waals surface area contributed by atoms with Crippen LogP contribution in [0.2, 0.25) is 0 Å². The van der Waals surface area contributed by atoms with Crippen LogP contribution in [-0.2, 0) is 9.84 Å². The molecule has 0 bridgehead atoms. The molecule has 0 aromatic rings. The zero-order chi connectivity index (χ0) is 7.78. The van der Waals surface area contributed by atoms with Crippen molar-refractivity contribution < 1.29 is 12.8 Å². The van der Waals surface area contributed by atoms with Crippen LogP contribution in [0.3, 0.4) is 0 Å². The van der Waals surface area contributed by atoms with E-state index < -0.39 is 27.8 Å². The van der Waals surface area contributed by atoms with Crippen molar-refractivity contribution in [1.29, 1.82) is 0 Å². The minimum Gasteiger partial charge on any atom is -0.325 e. The smallest absolute Gasteiger partial charge is 0.153 e. The topological polar surface area (TPSA) is 60.2 Å². The van der Waals surface area contributed by atoms with Gasteiger partial charge >= 0.3 is 0 Å². The lowest BCUT2D eigenvalue weighted by atomic mass is 10.1. The van der Waals surface area contributed by atoms with E-state index in [1.54, 1.807) is 0 Å². The van der Waals surface area contributed by atoms with Gasteiger partial charge in [0.15, 0.2) is 9.84 Å². The molecule has 10 heavy (non-hydrogen) atoms. The third-order valence-electron chi connectivity index (χ3n) is 1.64. The quantitative estimate of drug-likeness (QED) is 0.527. The number of hydrogen-bond donors (Lipinski definition) is 1. The van der Waals surface area contributed by atoms with Gasteiger partial charge in [0.2, 0.25) is 0 Å². The van der Waals surface area contributed by atoms with Crippen LogP contribution in [-0.4, -0.2) is 32.1 Å². The minimum absolute atomic E-state index is 0.0363. The van der Waals surface area contributed by atoms with Crippen molar-refractivity contribution in [2.45, 2.75) is 18.6 Å². The first kappa shape index (κ1) is 7.94. The van der Waals surface area contributed by atoms with Crippen molar-refractivity contribution in [2.75, 3.05) is 11.5 Å². The molecule has 0 aliphatic carbocycles. The largest absolute Gasteiger partial charge is 0.325 e. The highest BCUT2D eigenvalue weighted by molar-refractivity contribution is 7.91. The number of sulfone groups is 1. The first-order valence-corrected chi connectivity index (χ1v) is 4.93. The van der Waals surface area contributed by atoms with Crippen LogP contribution >= 0.6 is 0 Å². The molecule has 1 saturated heterocycles. The average Bonchev–Trinajstić information content (AvgIpc) is 1.79. The van der Waals surface area contributed by atoms with Crippen LogP contribution in [0.5, 0.6) is 0 Å². The Hall–Kier alpha value is -0.160. The van der Waals surface area contributed by atoms with Gasteiger partial charge in [-0.15, -0.1) is 0 Å². The van der Waals surface area contributed by atoms with E-state index in [1.165, 1.54) is 0 Å². The second-order valence-electron chi connectivity index (χ2n) is 2.58. The molecule has 1 aliphatic rings. The summed E-state index contributed by atoms with van der Waals surface area (Å²) in [7, 11) is -3.12. The summed E-state index contributed by atoms with van der Waals surface area (Å²) < 4.78 is 34.0. The third-order valence-corrected chi connectivity index (χ3v) is 3.32. The lowest BCUT2D eigenvalue weighted by Gasteiger charge is -2.21. The van der Waals surface area contributed by atoms with E-state index in [0.29, 0.717) is 0 Å². The summed E-state index contributed by atoms with van der Waals surface area (Å²) in [5.74, 6) is -0.358. The van der Waals surface area contributed by atoms with E-state index in [2.05, 4.69) is 0 Å². The molecule has 0 amide bonds. The average molecular weight is 167 g/mol. The number of nitrogens with two attached hydrogens (primary N) is 1. The van der Waals surface area contributed by atoms with Gasteiger partial charge in [-0.05, 0) is 6.42 Å². The van der Waals surface area contributed by atoms with E-state index in [1.807, 2.05) is 0 Å². The molecule has 3 nitrogen and oxygen atoms in total. The Labute approximate surface area is 59.3 Å². The molecule has 1 aliphatic heterocycles. The fourth-order valence-electron chi connectivity index (χ4n) is 0.946. The Bertz CT molecular complexity index is 214. The molecule has 0 spiro atoms. The van der Waals surface area contributed by atoms with Gasteiger partial charge in [0.05, 0.1) is 11.5 Å². The molecule has 2 N–H and O–H groups in total. The molecule has 5 heteroatoms. The summed E-state index contributed by atoms with van der Waals surface area (Å²) in [5.41, 5.74) is 5.26. The fraction of sp³-hybridized carbons (Fsp3) is 1.00. The van der Waals surface area contributed by atoms with Gasteiger partial charge in [0, 0.05) is 6.04 Å². The maximum absolute atomic E-state index is 12.6. The Balaban J connectivity index is 2.66. The molecule has 0 aromatic carbocycles. The molecule has 0 saturated carbocycles. The zero-order valence-corrected chi connectivity index (χ0v) is 6.27. The van der Waals surface area contributed by atoms with Crippen molar-refractivity contribution in [3.05, 3.63) is 0 Å². The predicted molar refractivity (Wildman–Crippen MR) is 36.1 cm³/mol. The minimum atomic E-state index is -3.12. The molecule has 2 unspecified atom stereocenters. The molecular formula is C5H10FNO2S. The summed E-state index contributed by atoms with van der Waals surface area (Å²) in [6.45, 7) is 0. The first-order valence-electron chi connectivity index (χ1n) is 3.11. The summed E-state index contributed by atoms with van der Waals surface area (Å²) in [6, 6.07) is -0.580. The van der Waals surface area contributed by atoms with Crippen LogP contribution in [0.15, 0.2) is 0 Å². The molecule has 2 atom stereocenters. The van der Waals surface area contributed by atoms with Crippen LogP contribution in [0.1, 0.15) is 6.42 Å². The van der Waals surface area contributed by atoms with Crippen LogP contribution in [0.25, 0.3) is 0 Å². The standard InChI is InChI=1S/C5H10FNO2S/c6-4-3-10(8,9)2-1-5(4)7/h4-5H,1-3,7H2. The Morgan fingerprint density at radius 1 is 1.50 bits per heavy atom. The SMILES string of the molecule is NC1CCS(=O)(=O)CC1F. The first-order chi connectivity index (χ1) is 4.51. The van der Waals surface area contributed by atoms with E-state index in [0.717, 1.165) is 0 Å². The monoisotopic (exact) mass is 167 g/mol. The number of rotatable bonds is 0. The number of alkyl halides is 1. The van der Waals surface area contributed by atoms with Gasteiger partial charge in [-0.3, -0.25) is 0 Å². The summed E-state index contributed by atoms with van der Waals surface area (Å²) in [6.07, 6.45) is -1.11. The molecule has 1 rings (SSSR count). The summed E-state index contributed by atoms with van der Waals surface area (Å²) in [5, 5.41) is 0. The van der Waals surface area contributed by atoms with E-state index in [4.69, 9.17) is 5.73 Å². The van der Waals surface area contributed by atoms with Gasteiger partial charge in [0.1, 0.15) is 6.17 Å². The van der Waals surface area contributed by atoms with Crippen LogP contribution < -0.4 is 5.73 Å². The van der Waals surface area contributed by atoms with E-state index >= 15 is 0 Å². The third kappa shape index (κ3) is 1.67. The number of hydrogen-bond acceptors (Lipinski definition) is 3. The summed E-state index contributed by atoms with van der Waals surface area (Å²) in [4.78, 5) is 0. The van der Waals surface area contributed by atoms with Gasteiger partial charge in [-0.2, -0.15) is 0 Å². The van der Waals surface area contributed by atoms with Crippen molar-refractivity contribution in [3.8, 4) is 0 Å². The highest BCUT2D eigenvalue weighted by Crippen LogP contribution is 2.13. The van der Waals surface area contributed by atoms with Crippen molar-refractivity contribution in [1.82, 2.24) is 0 Å². The molecular weight excluding hydrogens is 157 g/mol. The van der Waals surface area contributed by atoms with Crippen LogP contribution in [0.4, 0.5) is 4.39 Å². The molecule has 0 aromatic heterocycles. The highest BCUT2D eigenvalue weighted by atomic mass is 32.2.